The first-order valence-corrected chi connectivity index (χ1v) is 11.1. The third-order valence-electron chi connectivity index (χ3n) is 4.60. The van der Waals surface area contributed by atoms with Gasteiger partial charge in [-0.05, 0) is 64.1 Å². The summed E-state index contributed by atoms with van der Waals surface area (Å²) in [6.07, 6.45) is 1.51. The fraction of sp³-hybridized carbons (Fsp3) is 0.304. The van der Waals surface area contributed by atoms with Crippen molar-refractivity contribution in [3.05, 3.63) is 76.2 Å². The van der Waals surface area contributed by atoms with Crippen LogP contribution < -0.4 is 21.7 Å². The molecule has 0 saturated heterocycles. The van der Waals surface area contributed by atoms with Gasteiger partial charge in [-0.2, -0.15) is 0 Å². The summed E-state index contributed by atoms with van der Waals surface area (Å²) in [6, 6.07) is 8.97. The number of halogens is 1. The molecule has 1 aromatic carbocycles. The van der Waals surface area contributed by atoms with Crippen molar-refractivity contribution < 1.29 is 18.4 Å². The minimum atomic E-state index is -0.639. The summed E-state index contributed by atoms with van der Waals surface area (Å²) in [5, 5.41) is 9.43. The van der Waals surface area contributed by atoms with Gasteiger partial charge in [0.2, 0.25) is 5.91 Å². The highest BCUT2D eigenvalue weighted by atomic mass is 32.2. The van der Waals surface area contributed by atoms with Crippen molar-refractivity contribution in [2.45, 2.75) is 39.2 Å². The molecule has 0 bridgehead atoms. The van der Waals surface area contributed by atoms with Crippen molar-refractivity contribution in [3.8, 4) is 0 Å². The number of amides is 2. The molecule has 0 aliphatic carbocycles. The number of benzene rings is 1. The van der Waals surface area contributed by atoms with Crippen LogP contribution in [0.4, 0.5) is 10.1 Å². The third kappa shape index (κ3) is 5.73. The smallest absolute Gasteiger partial charge is 0.254 e. The Labute approximate surface area is 190 Å². The Morgan fingerprint density at radius 3 is 2.50 bits per heavy atom. The molecular weight excluding hydrogens is 431 g/mol. The van der Waals surface area contributed by atoms with Gasteiger partial charge in [-0.1, -0.05) is 11.8 Å². The molecule has 1 unspecified atom stereocenters. The van der Waals surface area contributed by atoms with E-state index in [-0.39, 0.29) is 23.1 Å². The Morgan fingerprint density at radius 1 is 1.22 bits per heavy atom. The SMILES string of the molecule is CC1=C(C(=O)Nc2ccc(F)cc2)C(c2ccco2)C(N)=C(SCC(=O)NC(C)(C)C)N1. The molecule has 1 aliphatic heterocycles. The highest BCUT2D eigenvalue weighted by Gasteiger charge is 2.35. The van der Waals surface area contributed by atoms with Crippen LogP contribution in [0.15, 0.2) is 69.1 Å². The Bertz CT molecular complexity index is 1050. The fourth-order valence-corrected chi connectivity index (χ4v) is 4.17. The minimum absolute atomic E-state index is 0.124. The van der Waals surface area contributed by atoms with Gasteiger partial charge in [0, 0.05) is 16.9 Å². The van der Waals surface area contributed by atoms with Gasteiger partial charge in [0.15, 0.2) is 0 Å². The first-order chi connectivity index (χ1) is 15.0. The number of anilines is 1. The second-order valence-electron chi connectivity index (χ2n) is 8.44. The summed E-state index contributed by atoms with van der Waals surface area (Å²) in [5.41, 5.74) is 7.93. The number of carbonyl (C=O) groups excluding carboxylic acids is 2. The second-order valence-corrected chi connectivity index (χ2v) is 9.43. The molecule has 9 heteroatoms. The molecule has 0 fully saturated rings. The van der Waals surface area contributed by atoms with Gasteiger partial charge in [0.1, 0.15) is 11.6 Å². The van der Waals surface area contributed by atoms with Gasteiger partial charge in [-0.25, -0.2) is 4.39 Å². The van der Waals surface area contributed by atoms with Crippen molar-refractivity contribution in [2.24, 2.45) is 5.73 Å². The first kappa shape index (κ1) is 23.5. The molecule has 32 heavy (non-hydrogen) atoms. The van der Waals surface area contributed by atoms with Crippen LogP contribution in [0.25, 0.3) is 0 Å². The van der Waals surface area contributed by atoms with Gasteiger partial charge in [-0.3, -0.25) is 9.59 Å². The predicted octanol–water partition coefficient (Wildman–Crippen LogP) is 3.79. The van der Waals surface area contributed by atoms with Crippen LogP contribution in [0.2, 0.25) is 0 Å². The molecule has 0 spiro atoms. The number of thioether (sulfide) groups is 1. The number of hydrogen-bond acceptors (Lipinski definition) is 6. The summed E-state index contributed by atoms with van der Waals surface area (Å²) >= 11 is 1.26. The number of nitrogens with one attached hydrogen (secondary N) is 3. The van der Waals surface area contributed by atoms with E-state index in [4.69, 9.17) is 10.2 Å². The van der Waals surface area contributed by atoms with E-state index in [9.17, 15) is 14.0 Å². The Morgan fingerprint density at radius 2 is 1.91 bits per heavy atom. The third-order valence-corrected chi connectivity index (χ3v) is 5.64. The highest BCUT2D eigenvalue weighted by Crippen LogP contribution is 2.39. The Kier molecular flexibility index (Phi) is 6.98. The van der Waals surface area contributed by atoms with Crippen molar-refractivity contribution in [1.82, 2.24) is 10.6 Å². The van der Waals surface area contributed by atoms with Crippen LogP contribution in [0.3, 0.4) is 0 Å². The zero-order valence-electron chi connectivity index (χ0n) is 18.4. The molecule has 3 rings (SSSR count). The number of hydrogen-bond donors (Lipinski definition) is 4. The minimum Gasteiger partial charge on any atom is -0.468 e. The second kappa shape index (κ2) is 9.52. The van der Waals surface area contributed by atoms with Crippen molar-refractivity contribution >= 4 is 29.3 Å². The lowest BCUT2D eigenvalue weighted by molar-refractivity contribution is -0.120. The number of nitrogens with two attached hydrogens (primary N) is 1. The summed E-state index contributed by atoms with van der Waals surface area (Å²) in [6.45, 7) is 7.49. The lowest BCUT2D eigenvalue weighted by Crippen LogP contribution is -2.41. The lowest BCUT2D eigenvalue weighted by atomic mass is 9.89. The molecular formula is C23H27FN4O3S. The van der Waals surface area contributed by atoms with Crippen molar-refractivity contribution in [3.63, 3.8) is 0 Å². The van der Waals surface area contributed by atoms with Crippen LogP contribution in [0.1, 0.15) is 39.4 Å². The molecule has 1 aromatic heterocycles. The Hall–Kier alpha value is -3.20. The summed E-state index contributed by atoms with van der Waals surface area (Å²) < 4.78 is 18.8. The first-order valence-electron chi connectivity index (χ1n) is 10.1. The maximum Gasteiger partial charge on any atom is 0.254 e. The molecule has 0 radical (unpaired) electrons. The molecule has 2 heterocycles. The lowest BCUT2D eigenvalue weighted by Gasteiger charge is -2.29. The van der Waals surface area contributed by atoms with Gasteiger partial charge in [-0.15, -0.1) is 0 Å². The topological polar surface area (TPSA) is 109 Å². The normalized spacial score (nSPS) is 16.6. The Balaban J connectivity index is 1.85. The number of dihydropyridines is 1. The zero-order chi connectivity index (χ0) is 23.5. The highest BCUT2D eigenvalue weighted by molar-refractivity contribution is 8.03. The van der Waals surface area contributed by atoms with Gasteiger partial charge in [0.25, 0.3) is 5.91 Å². The average Bonchev–Trinajstić information content (AvgIpc) is 3.22. The quantitative estimate of drug-likeness (QED) is 0.524. The molecule has 2 aromatic rings. The number of furan rings is 1. The average molecular weight is 459 g/mol. The van der Waals surface area contributed by atoms with Crippen LogP contribution in [0.5, 0.6) is 0 Å². The van der Waals surface area contributed by atoms with E-state index in [2.05, 4.69) is 16.0 Å². The molecule has 2 amide bonds. The van der Waals surface area contributed by atoms with E-state index < -0.39 is 11.7 Å². The van der Waals surface area contributed by atoms with Crippen molar-refractivity contribution in [1.29, 1.82) is 0 Å². The van der Waals surface area contributed by atoms with E-state index in [1.54, 1.807) is 19.1 Å². The van der Waals surface area contributed by atoms with Gasteiger partial charge < -0.3 is 26.1 Å². The monoisotopic (exact) mass is 458 g/mol. The molecule has 5 N–H and O–H groups in total. The molecule has 170 valence electrons. The summed E-state index contributed by atoms with van der Waals surface area (Å²) in [5.74, 6) is -0.878. The maximum atomic E-state index is 13.2. The molecule has 7 nitrogen and oxygen atoms in total. The van der Waals surface area contributed by atoms with Gasteiger partial charge >= 0.3 is 0 Å². The number of allylic oxidation sites excluding steroid dienone is 2. The fourth-order valence-electron chi connectivity index (χ4n) is 3.31. The molecule has 1 atom stereocenters. The maximum absolute atomic E-state index is 13.2. The van der Waals surface area contributed by atoms with Crippen LogP contribution >= 0.6 is 11.8 Å². The van der Waals surface area contributed by atoms with Crippen molar-refractivity contribution in [2.75, 3.05) is 11.1 Å². The largest absolute Gasteiger partial charge is 0.468 e. The van der Waals surface area contributed by atoms with E-state index >= 15 is 0 Å². The zero-order valence-corrected chi connectivity index (χ0v) is 19.2. The van der Waals surface area contributed by atoms with Gasteiger partial charge in [0.05, 0.1) is 34.2 Å². The molecule has 1 aliphatic rings. The van der Waals surface area contributed by atoms with Crippen LogP contribution in [-0.4, -0.2) is 23.1 Å². The number of carbonyl (C=O) groups is 2. The van der Waals surface area contributed by atoms with E-state index in [1.165, 1.54) is 42.3 Å². The van der Waals surface area contributed by atoms with E-state index in [1.807, 2.05) is 20.8 Å². The summed E-state index contributed by atoms with van der Waals surface area (Å²) in [7, 11) is 0. The standard InChI is InChI=1S/C23H27FN4O3S/c1-13-18(21(30)27-15-9-7-14(24)8-10-15)19(16-6-5-11-31-16)20(25)22(26-13)32-12-17(29)28-23(2,3)4/h5-11,19,26H,12,25H2,1-4H3,(H,27,30)(H,28,29). The molecule has 0 saturated carbocycles. The van der Waals surface area contributed by atoms with Crippen LogP contribution in [-0.2, 0) is 9.59 Å². The summed E-state index contributed by atoms with van der Waals surface area (Å²) in [4.78, 5) is 25.4. The van der Waals surface area contributed by atoms with Crippen LogP contribution in [0, 0.1) is 5.82 Å². The number of rotatable bonds is 6. The predicted molar refractivity (Wildman–Crippen MR) is 124 cm³/mol. The van der Waals surface area contributed by atoms with E-state index in [0.29, 0.717) is 33.4 Å². The van der Waals surface area contributed by atoms with E-state index in [0.717, 1.165) is 0 Å².